The molecule has 0 spiro atoms. The van der Waals surface area contributed by atoms with Gasteiger partial charge in [-0.3, -0.25) is 4.79 Å². The highest BCUT2D eigenvalue weighted by Crippen LogP contribution is 2.23. The molecule has 2 heterocycles. The monoisotopic (exact) mass is 375 g/mol. The fourth-order valence-corrected chi connectivity index (χ4v) is 3.19. The Morgan fingerprint density at radius 1 is 1.18 bits per heavy atom. The van der Waals surface area contributed by atoms with E-state index in [9.17, 15) is 4.79 Å². The zero-order chi connectivity index (χ0) is 19.7. The van der Waals surface area contributed by atoms with Crippen LogP contribution in [-0.4, -0.2) is 47.6 Å². The maximum Gasteiger partial charge on any atom is 0.254 e. The Morgan fingerprint density at radius 2 is 1.96 bits per heavy atom. The molecule has 0 bridgehead atoms. The molecule has 0 saturated heterocycles. The molecule has 0 saturated carbocycles. The van der Waals surface area contributed by atoms with Crippen molar-refractivity contribution in [3.63, 3.8) is 0 Å². The van der Waals surface area contributed by atoms with Crippen molar-refractivity contribution in [3.8, 4) is 5.69 Å². The van der Waals surface area contributed by atoms with Crippen LogP contribution in [0.4, 0.5) is 0 Å². The van der Waals surface area contributed by atoms with Crippen molar-refractivity contribution in [2.45, 2.75) is 26.4 Å². The first kappa shape index (κ1) is 17.8. The highest BCUT2D eigenvalue weighted by Gasteiger charge is 2.20. The van der Waals surface area contributed by atoms with Gasteiger partial charge in [-0.05, 0) is 49.7 Å². The predicted molar refractivity (Wildman–Crippen MR) is 105 cm³/mol. The van der Waals surface area contributed by atoms with E-state index in [0.29, 0.717) is 5.56 Å². The van der Waals surface area contributed by atoms with E-state index in [-0.39, 0.29) is 11.9 Å². The number of carbonyl (C=O) groups excluding carboxylic acids is 1. The number of aryl methyl sites for hydroxylation is 1. The highest BCUT2D eigenvalue weighted by atomic mass is 16.2. The molecule has 8 nitrogen and oxygen atoms in total. The molecule has 0 aliphatic rings. The molecular formula is C20H21N7O. The molecule has 0 N–H and O–H groups in total. The molecule has 142 valence electrons. The Hall–Kier alpha value is -3.55. The zero-order valence-electron chi connectivity index (χ0n) is 16.0. The van der Waals surface area contributed by atoms with Gasteiger partial charge in [0.1, 0.15) is 18.2 Å². The van der Waals surface area contributed by atoms with E-state index in [2.05, 4.69) is 20.4 Å². The summed E-state index contributed by atoms with van der Waals surface area (Å²) in [5.74, 6) is -0.0548. The van der Waals surface area contributed by atoms with Gasteiger partial charge in [-0.25, -0.2) is 14.3 Å². The lowest BCUT2D eigenvalue weighted by molar-refractivity contribution is 0.0743. The number of hydrogen-bond donors (Lipinski definition) is 0. The molecule has 0 aliphatic carbocycles. The smallest absolute Gasteiger partial charge is 0.254 e. The molecule has 2 aromatic heterocycles. The molecule has 1 atom stereocenters. The van der Waals surface area contributed by atoms with Crippen molar-refractivity contribution in [2.75, 3.05) is 7.05 Å². The molecule has 28 heavy (non-hydrogen) atoms. The number of aromatic nitrogens is 6. The summed E-state index contributed by atoms with van der Waals surface area (Å²) < 4.78 is 3.51. The number of nitrogens with zero attached hydrogens (tertiary/aromatic N) is 7. The summed E-state index contributed by atoms with van der Waals surface area (Å²) in [6.45, 7) is 4.76. The second kappa shape index (κ2) is 7.22. The number of rotatable bonds is 5. The van der Waals surface area contributed by atoms with Gasteiger partial charge in [-0.2, -0.15) is 5.10 Å². The summed E-state index contributed by atoms with van der Waals surface area (Å²) in [5.41, 5.74) is 4.22. The highest BCUT2D eigenvalue weighted by molar-refractivity contribution is 5.97. The summed E-state index contributed by atoms with van der Waals surface area (Å²) in [6, 6.07) is 13.4. The lowest BCUT2D eigenvalue weighted by Gasteiger charge is -2.25. The van der Waals surface area contributed by atoms with Crippen molar-refractivity contribution in [1.82, 2.24) is 34.7 Å². The average Bonchev–Trinajstić information content (AvgIpc) is 3.41. The van der Waals surface area contributed by atoms with Crippen LogP contribution in [0.3, 0.4) is 0 Å². The maximum absolute atomic E-state index is 13.0. The van der Waals surface area contributed by atoms with E-state index in [1.54, 1.807) is 22.0 Å². The molecular weight excluding hydrogens is 354 g/mol. The first-order valence-corrected chi connectivity index (χ1v) is 9.14. The van der Waals surface area contributed by atoms with Crippen LogP contribution in [0, 0.1) is 0 Å². The van der Waals surface area contributed by atoms with Crippen molar-refractivity contribution in [1.29, 1.82) is 0 Å². The second-order valence-electron chi connectivity index (χ2n) is 6.63. The number of amides is 1. The van der Waals surface area contributed by atoms with Gasteiger partial charge in [0, 0.05) is 19.2 Å². The Kier molecular flexibility index (Phi) is 4.60. The maximum atomic E-state index is 13.0. The van der Waals surface area contributed by atoms with E-state index in [4.69, 9.17) is 0 Å². The minimum absolute atomic E-state index is 0.0548. The molecule has 4 rings (SSSR count). The largest absolute Gasteiger partial charge is 0.335 e. The Labute approximate surface area is 162 Å². The Morgan fingerprint density at radius 3 is 2.64 bits per heavy atom. The molecule has 0 fully saturated rings. The summed E-state index contributed by atoms with van der Waals surface area (Å²) in [4.78, 5) is 18.7. The van der Waals surface area contributed by atoms with E-state index in [1.807, 2.05) is 62.0 Å². The first-order valence-electron chi connectivity index (χ1n) is 9.14. The van der Waals surface area contributed by atoms with Gasteiger partial charge in [0.2, 0.25) is 0 Å². The Balaban J connectivity index is 1.54. The number of benzene rings is 2. The van der Waals surface area contributed by atoms with Gasteiger partial charge in [0.15, 0.2) is 0 Å². The van der Waals surface area contributed by atoms with Crippen molar-refractivity contribution >= 4 is 16.9 Å². The predicted octanol–water partition coefficient (Wildman–Crippen LogP) is 2.87. The van der Waals surface area contributed by atoms with Crippen LogP contribution in [0.1, 0.15) is 35.8 Å². The lowest BCUT2D eigenvalue weighted by atomic mass is 10.1. The van der Waals surface area contributed by atoms with Crippen LogP contribution >= 0.6 is 0 Å². The van der Waals surface area contributed by atoms with Gasteiger partial charge < -0.3 is 4.90 Å². The minimum Gasteiger partial charge on any atom is -0.335 e. The van der Waals surface area contributed by atoms with Gasteiger partial charge in [0.05, 0.1) is 17.2 Å². The Bertz CT molecular complexity index is 1100. The fourth-order valence-electron chi connectivity index (χ4n) is 3.19. The van der Waals surface area contributed by atoms with Crippen molar-refractivity contribution in [2.24, 2.45) is 0 Å². The van der Waals surface area contributed by atoms with Gasteiger partial charge in [-0.1, -0.05) is 17.3 Å². The minimum atomic E-state index is -0.0840. The quantitative estimate of drug-likeness (QED) is 0.536. The third-order valence-corrected chi connectivity index (χ3v) is 5.02. The average molecular weight is 375 g/mol. The standard InChI is InChI=1S/C20H21N7O/c1-4-26-19-10-7-16(11-18(19)23-24-26)20(28)25(3)14(2)15-5-8-17(9-6-15)27-13-21-12-22-27/h5-14H,4H2,1-3H3/t14-/m1/s1. The van der Waals surface area contributed by atoms with E-state index < -0.39 is 0 Å². The summed E-state index contributed by atoms with van der Waals surface area (Å²) in [7, 11) is 1.81. The molecule has 1 amide bonds. The lowest BCUT2D eigenvalue weighted by Crippen LogP contribution is -2.29. The molecule has 0 aliphatic heterocycles. The fraction of sp³-hybridized carbons (Fsp3) is 0.250. The summed E-state index contributed by atoms with van der Waals surface area (Å²) >= 11 is 0. The van der Waals surface area contributed by atoms with E-state index in [1.165, 1.54) is 6.33 Å². The van der Waals surface area contributed by atoms with Crippen LogP contribution in [-0.2, 0) is 6.54 Å². The molecule has 0 radical (unpaired) electrons. The first-order chi connectivity index (χ1) is 13.6. The number of fused-ring (bicyclic) bond motifs is 1. The molecule has 2 aromatic carbocycles. The summed E-state index contributed by atoms with van der Waals surface area (Å²) in [5, 5.41) is 12.4. The van der Waals surface area contributed by atoms with Crippen LogP contribution in [0.15, 0.2) is 55.1 Å². The topological polar surface area (TPSA) is 81.7 Å². The SMILES string of the molecule is CCn1nnc2cc(C(=O)N(C)[C@H](C)c3ccc(-n4cncn4)cc3)ccc21. The van der Waals surface area contributed by atoms with E-state index >= 15 is 0 Å². The van der Waals surface area contributed by atoms with Gasteiger partial charge in [0.25, 0.3) is 5.91 Å². The van der Waals surface area contributed by atoms with Crippen molar-refractivity contribution < 1.29 is 4.79 Å². The van der Waals surface area contributed by atoms with Crippen molar-refractivity contribution in [3.05, 3.63) is 66.2 Å². The van der Waals surface area contributed by atoms with Crippen LogP contribution in [0.5, 0.6) is 0 Å². The second-order valence-corrected chi connectivity index (χ2v) is 6.63. The normalized spacial score (nSPS) is 12.2. The van der Waals surface area contributed by atoms with Crippen LogP contribution < -0.4 is 0 Å². The molecule has 4 aromatic rings. The third kappa shape index (κ3) is 3.13. The summed E-state index contributed by atoms with van der Waals surface area (Å²) in [6.07, 6.45) is 3.15. The zero-order valence-corrected chi connectivity index (χ0v) is 16.0. The number of carbonyl (C=O) groups is 1. The van der Waals surface area contributed by atoms with Gasteiger partial charge in [-0.15, -0.1) is 5.10 Å². The van der Waals surface area contributed by atoms with Crippen LogP contribution in [0.25, 0.3) is 16.7 Å². The molecule has 8 heteroatoms. The third-order valence-electron chi connectivity index (χ3n) is 5.02. The van der Waals surface area contributed by atoms with E-state index in [0.717, 1.165) is 28.8 Å². The number of hydrogen-bond acceptors (Lipinski definition) is 5. The van der Waals surface area contributed by atoms with Gasteiger partial charge >= 0.3 is 0 Å². The molecule has 0 unspecified atom stereocenters. The van der Waals surface area contributed by atoms with Crippen LogP contribution in [0.2, 0.25) is 0 Å².